The normalized spacial score (nSPS) is 39.7. The number of amides is 1. The molecule has 3 heterocycles. The van der Waals surface area contributed by atoms with Gasteiger partial charge in [-0.2, -0.15) is 0 Å². The van der Waals surface area contributed by atoms with Crippen molar-refractivity contribution in [2.75, 3.05) is 26.4 Å². The van der Waals surface area contributed by atoms with Crippen LogP contribution < -0.4 is 10.1 Å². The summed E-state index contributed by atoms with van der Waals surface area (Å²) < 4.78 is 40.9. The van der Waals surface area contributed by atoms with Crippen LogP contribution in [0.5, 0.6) is 5.75 Å². The number of aliphatic hydroxyl groups excluding tert-OH is 8. The Balaban J connectivity index is 1.53. The van der Waals surface area contributed by atoms with Gasteiger partial charge in [0.2, 0.25) is 5.91 Å². The van der Waals surface area contributed by atoms with Crippen molar-refractivity contribution in [1.82, 2.24) is 5.32 Å². The molecule has 3 aliphatic rings. The van der Waals surface area contributed by atoms with E-state index < -0.39 is 111 Å². The van der Waals surface area contributed by atoms with Crippen LogP contribution in [-0.4, -0.2) is 172 Å². The lowest BCUT2D eigenvalue weighted by molar-refractivity contribution is -0.373. The zero-order chi connectivity index (χ0) is 35.8. The molecule has 18 heteroatoms. The number of unbranched alkanes of at least 4 members (excludes halogenated alkanes) is 1. The Morgan fingerprint density at radius 1 is 0.755 bits per heavy atom. The SMILES string of the molecule is CC(=O)N[C@H]1[C@H](OCCCCOc2ccc(C=O)cc2)O[C@H](CO)[C@@H](O[C@@H]2O[C@H](CO)[C@H](O)[C@H](O)[C@H]2O)[C@@H]1O[C@@H]1O[C@@H](C)[C@H](O)[C@@H](O)[C@H]1O. The maximum atomic E-state index is 12.4. The minimum absolute atomic E-state index is 0.0712. The lowest BCUT2D eigenvalue weighted by Crippen LogP contribution is -2.69. The van der Waals surface area contributed by atoms with E-state index in [1.807, 2.05) is 0 Å². The summed E-state index contributed by atoms with van der Waals surface area (Å²) in [5, 5.41) is 85.3. The highest BCUT2D eigenvalue weighted by Gasteiger charge is 2.54. The second-order valence-corrected chi connectivity index (χ2v) is 12.1. The molecule has 0 aliphatic carbocycles. The van der Waals surface area contributed by atoms with Gasteiger partial charge < -0.3 is 79.3 Å². The highest BCUT2D eigenvalue weighted by Crippen LogP contribution is 2.34. The third-order valence-corrected chi connectivity index (χ3v) is 8.54. The number of rotatable bonds is 15. The number of nitrogens with one attached hydrogen (secondary N) is 1. The molecule has 1 aromatic rings. The molecule has 4 rings (SSSR count). The molecule has 3 saturated heterocycles. The summed E-state index contributed by atoms with van der Waals surface area (Å²) in [4.78, 5) is 23.3. The number of aliphatic hydroxyl groups is 8. The van der Waals surface area contributed by atoms with Gasteiger partial charge in [-0.1, -0.05) is 0 Å². The zero-order valence-corrected chi connectivity index (χ0v) is 27.0. The monoisotopic (exact) mass is 705 g/mol. The van der Waals surface area contributed by atoms with Gasteiger partial charge in [0.15, 0.2) is 18.9 Å². The highest BCUT2D eigenvalue weighted by atomic mass is 16.8. The maximum Gasteiger partial charge on any atom is 0.217 e. The number of benzene rings is 1. The average molecular weight is 706 g/mol. The first-order valence-electron chi connectivity index (χ1n) is 16.0. The lowest BCUT2D eigenvalue weighted by atomic mass is 9.94. The Morgan fingerprint density at radius 3 is 1.94 bits per heavy atom. The van der Waals surface area contributed by atoms with Crippen molar-refractivity contribution in [3.8, 4) is 5.75 Å². The predicted molar refractivity (Wildman–Crippen MR) is 162 cm³/mol. The van der Waals surface area contributed by atoms with E-state index in [9.17, 15) is 50.4 Å². The quantitative estimate of drug-likeness (QED) is 0.0627. The van der Waals surface area contributed by atoms with E-state index in [-0.39, 0.29) is 6.61 Å². The van der Waals surface area contributed by atoms with Crippen molar-refractivity contribution in [3.05, 3.63) is 29.8 Å². The largest absolute Gasteiger partial charge is 0.494 e. The lowest BCUT2D eigenvalue weighted by Gasteiger charge is -2.50. The Kier molecular flexibility index (Phi) is 14.6. The molecule has 3 aliphatic heterocycles. The van der Waals surface area contributed by atoms with Crippen LogP contribution in [0.2, 0.25) is 0 Å². The number of carbonyl (C=O) groups is 2. The topological polar surface area (TPSA) is 273 Å². The molecule has 9 N–H and O–H groups in total. The van der Waals surface area contributed by atoms with Crippen molar-refractivity contribution in [1.29, 1.82) is 0 Å². The summed E-state index contributed by atoms with van der Waals surface area (Å²) in [6, 6.07) is 5.33. The Hall–Kier alpha value is -2.40. The summed E-state index contributed by atoms with van der Waals surface area (Å²) >= 11 is 0. The highest BCUT2D eigenvalue weighted by molar-refractivity contribution is 5.74. The number of aldehydes is 1. The van der Waals surface area contributed by atoms with Gasteiger partial charge in [-0.15, -0.1) is 0 Å². The van der Waals surface area contributed by atoms with Crippen molar-refractivity contribution in [2.45, 2.75) is 119 Å². The molecule has 0 radical (unpaired) electrons. The number of ether oxygens (including phenoxy) is 7. The van der Waals surface area contributed by atoms with Crippen LogP contribution in [0.3, 0.4) is 0 Å². The van der Waals surface area contributed by atoms with Crippen LogP contribution in [0.1, 0.15) is 37.0 Å². The van der Waals surface area contributed by atoms with Crippen LogP contribution in [0.25, 0.3) is 0 Å². The summed E-state index contributed by atoms with van der Waals surface area (Å²) in [7, 11) is 0. The smallest absolute Gasteiger partial charge is 0.217 e. The number of carbonyl (C=O) groups excluding carboxylic acids is 2. The minimum Gasteiger partial charge on any atom is -0.494 e. The molecule has 0 spiro atoms. The molecule has 0 aromatic heterocycles. The molecule has 0 saturated carbocycles. The fourth-order valence-corrected chi connectivity index (χ4v) is 5.76. The molecule has 18 nitrogen and oxygen atoms in total. The summed E-state index contributed by atoms with van der Waals surface area (Å²) in [5.74, 6) is -0.00378. The Bertz CT molecular complexity index is 1180. The molecule has 1 amide bonds. The van der Waals surface area contributed by atoms with Crippen molar-refractivity contribution < 1.29 is 83.6 Å². The fraction of sp³-hybridized carbons (Fsp3) is 0.742. The van der Waals surface area contributed by atoms with Crippen LogP contribution in [0.4, 0.5) is 0 Å². The molecular weight excluding hydrogens is 658 g/mol. The van der Waals surface area contributed by atoms with Crippen LogP contribution >= 0.6 is 0 Å². The van der Waals surface area contributed by atoms with Gasteiger partial charge >= 0.3 is 0 Å². The van der Waals surface area contributed by atoms with E-state index in [0.29, 0.717) is 30.8 Å². The standard InChI is InChI=1S/C31H47NO17/c1-14-21(37)23(39)25(41)30(45-14)49-28-20(32-15(2)36)29(44-10-4-3-9-43-17-7-5-16(11-33)6-8-17)47-19(13-35)27(28)48-31-26(42)24(40)22(38)18(12-34)46-31/h5-8,11,14,18-31,34-35,37-42H,3-4,9-10,12-13H2,1-2H3,(H,32,36)/t14-,18+,19+,20+,21-,22-,23+,24-,25+,26+,27+,28+,29+,30-,31-/m0/s1. The van der Waals surface area contributed by atoms with Gasteiger partial charge in [-0.25, -0.2) is 0 Å². The van der Waals surface area contributed by atoms with E-state index in [1.165, 1.54) is 13.8 Å². The summed E-state index contributed by atoms with van der Waals surface area (Å²) in [6.07, 6.45) is -19.8. The second-order valence-electron chi connectivity index (χ2n) is 12.1. The third-order valence-electron chi connectivity index (χ3n) is 8.54. The number of hydrogen-bond acceptors (Lipinski definition) is 17. The molecule has 1 aromatic carbocycles. The molecule has 49 heavy (non-hydrogen) atoms. The molecule has 0 unspecified atom stereocenters. The zero-order valence-electron chi connectivity index (χ0n) is 27.0. The van der Waals surface area contributed by atoms with Gasteiger partial charge in [-0.05, 0) is 44.0 Å². The van der Waals surface area contributed by atoms with Gasteiger partial charge in [0.05, 0.1) is 25.9 Å². The first kappa shape index (κ1) is 39.4. The van der Waals surface area contributed by atoms with E-state index in [4.69, 9.17) is 33.2 Å². The van der Waals surface area contributed by atoms with Crippen LogP contribution in [-0.2, 0) is 33.2 Å². The van der Waals surface area contributed by atoms with E-state index in [0.717, 1.165) is 6.29 Å². The van der Waals surface area contributed by atoms with Gasteiger partial charge in [0, 0.05) is 19.1 Å². The first-order valence-corrected chi connectivity index (χ1v) is 16.0. The van der Waals surface area contributed by atoms with Crippen molar-refractivity contribution in [3.63, 3.8) is 0 Å². The molecule has 3 fully saturated rings. The van der Waals surface area contributed by atoms with E-state index >= 15 is 0 Å². The second kappa shape index (κ2) is 18.2. The predicted octanol–water partition coefficient (Wildman–Crippen LogP) is -3.71. The van der Waals surface area contributed by atoms with Gasteiger partial charge in [0.25, 0.3) is 0 Å². The third kappa shape index (κ3) is 9.69. The Labute approximate surface area is 282 Å². The first-order chi connectivity index (χ1) is 23.4. The summed E-state index contributed by atoms with van der Waals surface area (Å²) in [5.41, 5.74) is 0.513. The average Bonchev–Trinajstić information content (AvgIpc) is 3.09. The van der Waals surface area contributed by atoms with Crippen molar-refractivity contribution >= 4 is 12.2 Å². The summed E-state index contributed by atoms with van der Waals surface area (Å²) in [6.45, 7) is 1.52. The van der Waals surface area contributed by atoms with E-state index in [2.05, 4.69) is 5.32 Å². The van der Waals surface area contributed by atoms with Crippen LogP contribution in [0, 0.1) is 0 Å². The van der Waals surface area contributed by atoms with Gasteiger partial charge in [-0.3, -0.25) is 9.59 Å². The minimum atomic E-state index is -1.86. The molecule has 278 valence electrons. The molecule has 15 atom stereocenters. The van der Waals surface area contributed by atoms with E-state index in [1.54, 1.807) is 24.3 Å². The maximum absolute atomic E-state index is 12.4. The van der Waals surface area contributed by atoms with Crippen molar-refractivity contribution in [2.24, 2.45) is 0 Å². The fourth-order valence-electron chi connectivity index (χ4n) is 5.76. The molecule has 0 bridgehead atoms. The number of hydrogen-bond donors (Lipinski definition) is 9. The van der Waals surface area contributed by atoms with Crippen LogP contribution in [0.15, 0.2) is 24.3 Å². The van der Waals surface area contributed by atoms with Gasteiger partial charge in [0.1, 0.15) is 79.1 Å². The molecular formula is C31H47NO17. The Morgan fingerprint density at radius 2 is 1.33 bits per heavy atom.